The Bertz CT molecular complexity index is 424. The molecule has 0 amide bonds. The van der Waals surface area contributed by atoms with Gasteiger partial charge < -0.3 is 15.4 Å². The second-order valence-corrected chi connectivity index (χ2v) is 4.50. The van der Waals surface area contributed by atoms with Gasteiger partial charge in [0.1, 0.15) is 5.75 Å². The predicted molar refractivity (Wildman–Crippen MR) is 80.5 cm³/mol. The minimum atomic E-state index is -0.403. The molecule has 1 rings (SSSR count). The van der Waals surface area contributed by atoms with Crippen molar-refractivity contribution in [1.29, 1.82) is 0 Å². The van der Waals surface area contributed by atoms with Crippen molar-refractivity contribution in [1.82, 2.24) is 5.32 Å². The molecule has 0 aliphatic rings. The van der Waals surface area contributed by atoms with Crippen LogP contribution in [-0.2, 0) is 0 Å². The highest BCUT2D eigenvalue weighted by Gasteiger charge is 2.10. The molecule has 0 aliphatic carbocycles. The number of nitro groups is 1. The molecular weight excluding hydrogens is 258 g/mol. The topological polar surface area (TPSA) is 76.4 Å². The van der Waals surface area contributed by atoms with Crippen molar-refractivity contribution in [3.8, 4) is 5.75 Å². The Morgan fingerprint density at radius 2 is 1.95 bits per heavy atom. The van der Waals surface area contributed by atoms with E-state index < -0.39 is 4.92 Å². The highest BCUT2D eigenvalue weighted by molar-refractivity contribution is 5.56. The van der Waals surface area contributed by atoms with Gasteiger partial charge in [-0.3, -0.25) is 10.1 Å². The summed E-state index contributed by atoms with van der Waals surface area (Å²) in [6, 6.07) is 4.78. The lowest BCUT2D eigenvalue weighted by molar-refractivity contribution is -0.384. The van der Waals surface area contributed by atoms with Crippen molar-refractivity contribution in [3.63, 3.8) is 0 Å². The Morgan fingerprint density at radius 1 is 1.15 bits per heavy atom. The Kier molecular flexibility index (Phi) is 7.42. The van der Waals surface area contributed by atoms with Gasteiger partial charge in [0.15, 0.2) is 0 Å². The van der Waals surface area contributed by atoms with Crippen LogP contribution in [0.3, 0.4) is 0 Å². The first-order chi connectivity index (χ1) is 9.67. The Balaban J connectivity index is 2.63. The van der Waals surface area contributed by atoms with Crippen molar-refractivity contribution in [2.45, 2.75) is 26.7 Å². The van der Waals surface area contributed by atoms with E-state index in [-0.39, 0.29) is 5.69 Å². The van der Waals surface area contributed by atoms with E-state index in [0.29, 0.717) is 24.6 Å². The van der Waals surface area contributed by atoms with Crippen LogP contribution >= 0.6 is 0 Å². The van der Waals surface area contributed by atoms with Gasteiger partial charge in [0.2, 0.25) is 0 Å². The van der Waals surface area contributed by atoms with Gasteiger partial charge in [-0.2, -0.15) is 0 Å². The zero-order valence-corrected chi connectivity index (χ0v) is 12.1. The number of benzene rings is 1. The number of rotatable bonds is 10. The molecule has 6 heteroatoms. The molecule has 0 aliphatic heterocycles. The first-order valence-corrected chi connectivity index (χ1v) is 7.04. The van der Waals surface area contributed by atoms with Gasteiger partial charge in [-0.1, -0.05) is 13.8 Å². The van der Waals surface area contributed by atoms with E-state index in [4.69, 9.17) is 4.74 Å². The number of nitrogens with zero attached hydrogens (tertiary/aromatic N) is 1. The minimum Gasteiger partial charge on any atom is -0.493 e. The first-order valence-electron chi connectivity index (χ1n) is 7.04. The molecule has 0 saturated heterocycles. The zero-order valence-electron chi connectivity index (χ0n) is 12.1. The third kappa shape index (κ3) is 5.88. The highest BCUT2D eigenvalue weighted by Crippen LogP contribution is 2.26. The number of hydrogen-bond donors (Lipinski definition) is 2. The number of hydrogen-bond acceptors (Lipinski definition) is 5. The maximum absolute atomic E-state index is 10.9. The van der Waals surface area contributed by atoms with Crippen LogP contribution in [0.2, 0.25) is 0 Å². The Hall–Kier alpha value is -1.82. The Morgan fingerprint density at radius 3 is 2.60 bits per heavy atom. The van der Waals surface area contributed by atoms with Crippen molar-refractivity contribution >= 4 is 11.4 Å². The van der Waals surface area contributed by atoms with E-state index >= 15 is 0 Å². The van der Waals surface area contributed by atoms with Crippen LogP contribution in [-0.4, -0.2) is 31.2 Å². The number of nitrogens with one attached hydrogen (secondary N) is 2. The van der Waals surface area contributed by atoms with Gasteiger partial charge in [0, 0.05) is 30.9 Å². The predicted octanol–water partition coefficient (Wildman–Crippen LogP) is 2.80. The lowest BCUT2D eigenvalue weighted by atomic mass is 10.2. The van der Waals surface area contributed by atoms with E-state index in [1.165, 1.54) is 12.1 Å². The molecule has 0 unspecified atom stereocenters. The van der Waals surface area contributed by atoms with Crippen molar-refractivity contribution in [2.75, 3.05) is 31.6 Å². The molecule has 0 bridgehead atoms. The number of non-ortho nitro benzene ring substituents is 1. The molecular formula is C14H23N3O3. The fourth-order valence-corrected chi connectivity index (χ4v) is 1.69. The molecule has 0 spiro atoms. The van der Waals surface area contributed by atoms with Crippen LogP contribution in [0.25, 0.3) is 0 Å². The van der Waals surface area contributed by atoms with E-state index in [0.717, 1.165) is 25.9 Å². The molecule has 0 heterocycles. The summed E-state index contributed by atoms with van der Waals surface area (Å²) >= 11 is 0. The molecule has 0 aromatic heterocycles. The van der Waals surface area contributed by atoms with Gasteiger partial charge in [-0.15, -0.1) is 0 Å². The molecule has 6 nitrogen and oxygen atoms in total. The molecule has 1 aromatic carbocycles. The summed E-state index contributed by atoms with van der Waals surface area (Å²) in [4.78, 5) is 10.5. The normalized spacial score (nSPS) is 10.3. The number of nitro benzene ring substituents is 1. The summed E-state index contributed by atoms with van der Waals surface area (Å²) in [5.41, 5.74) is 0.756. The smallest absolute Gasteiger partial charge is 0.275 e. The summed E-state index contributed by atoms with van der Waals surface area (Å²) in [5.74, 6) is 0.532. The maximum atomic E-state index is 10.9. The van der Waals surface area contributed by atoms with Crippen molar-refractivity contribution in [2.24, 2.45) is 0 Å². The summed E-state index contributed by atoms with van der Waals surface area (Å²) < 4.78 is 5.47. The van der Waals surface area contributed by atoms with Crippen molar-refractivity contribution < 1.29 is 9.66 Å². The average Bonchev–Trinajstić information content (AvgIpc) is 2.44. The van der Waals surface area contributed by atoms with E-state index in [9.17, 15) is 10.1 Å². The van der Waals surface area contributed by atoms with Crippen molar-refractivity contribution in [3.05, 3.63) is 28.3 Å². The number of ether oxygens (including phenoxy) is 1. The summed E-state index contributed by atoms with van der Waals surface area (Å²) in [6.07, 6.45) is 1.96. The molecule has 0 radical (unpaired) electrons. The molecule has 0 fully saturated rings. The van der Waals surface area contributed by atoms with Gasteiger partial charge in [-0.25, -0.2) is 0 Å². The van der Waals surface area contributed by atoms with E-state index in [1.54, 1.807) is 6.07 Å². The van der Waals surface area contributed by atoms with Crippen LogP contribution in [0, 0.1) is 10.1 Å². The van der Waals surface area contributed by atoms with Crippen LogP contribution in [0.4, 0.5) is 11.4 Å². The summed E-state index contributed by atoms with van der Waals surface area (Å²) in [5, 5.41) is 17.3. The SMILES string of the molecule is CCCNCCNc1cc(OCCC)cc([N+](=O)[O-])c1. The summed E-state index contributed by atoms with van der Waals surface area (Å²) in [6.45, 7) is 7.17. The Labute approximate surface area is 119 Å². The van der Waals surface area contributed by atoms with Crippen LogP contribution in [0.15, 0.2) is 18.2 Å². The summed E-state index contributed by atoms with van der Waals surface area (Å²) in [7, 11) is 0. The molecule has 2 N–H and O–H groups in total. The second-order valence-electron chi connectivity index (χ2n) is 4.50. The average molecular weight is 281 g/mol. The van der Waals surface area contributed by atoms with Gasteiger partial charge >= 0.3 is 0 Å². The standard InChI is InChI=1S/C14H23N3O3/c1-3-5-15-6-7-16-12-9-13(17(18)19)11-14(10-12)20-8-4-2/h9-11,15-16H,3-8H2,1-2H3. The first kappa shape index (κ1) is 16.2. The number of anilines is 1. The molecule has 1 aromatic rings. The molecule has 112 valence electrons. The lowest BCUT2D eigenvalue weighted by Gasteiger charge is -2.10. The fourth-order valence-electron chi connectivity index (χ4n) is 1.69. The second kappa shape index (κ2) is 9.14. The molecule has 0 atom stereocenters. The third-order valence-corrected chi connectivity index (χ3v) is 2.63. The van der Waals surface area contributed by atoms with Gasteiger partial charge in [0.05, 0.1) is 17.6 Å². The van der Waals surface area contributed by atoms with Gasteiger partial charge in [-0.05, 0) is 19.4 Å². The van der Waals surface area contributed by atoms with Crippen LogP contribution < -0.4 is 15.4 Å². The molecule has 20 heavy (non-hydrogen) atoms. The quantitative estimate of drug-likeness (QED) is 0.392. The van der Waals surface area contributed by atoms with Gasteiger partial charge in [0.25, 0.3) is 5.69 Å². The highest BCUT2D eigenvalue weighted by atomic mass is 16.6. The minimum absolute atomic E-state index is 0.0441. The van der Waals surface area contributed by atoms with E-state index in [1.807, 2.05) is 6.92 Å². The largest absolute Gasteiger partial charge is 0.493 e. The van der Waals surface area contributed by atoms with Crippen LogP contribution in [0.1, 0.15) is 26.7 Å². The zero-order chi connectivity index (χ0) is 14.8. The van der Waals surface area contributed by atoms with E-state index in [2.05, 4.69) is 17.6 Å². The lowest BCUT2D eigenvalue weighted by Crippen LogP contribution is -2.22. The monoisotopic (exact) mass is 281 g/mol. The maximum Gasteiger partial charge on any atom is 0.275 e. The molecule has 0 saturated carbocycles. The third-order valence-electron chi connectivity index (χ3n) is 2.63. The fraction of sp³-hybridized carbons (Fsp3) is 0.571. The van der Waals surface area contributed by atoms with Crippen LogP contribution in [0.5, 0.6) is 5.75 Å².